The van der Waals surface area contributed by atoms with Crippen molar-refractivity contribution in [3.05, 3.63) is 58.2 Å². The Morgan fingerprint density at radius 1 is 1.45 bits per heavy atom. The van der Waals surface area contributed by atoms with E-state index in [2.05, 4.69) is 17.1 Å². The zero-order valence-electron chi connectivity index (χ0n) is 12.5. The Labute approximate surface area is 128 Å². The molecule has 0 aliphatic heterocycles. The molecule has 0 N–H and O–H groups in total. The van der Waals surface area contributed by atoms with Crippen molar-refractivity contribution in [1.82, 2.24) is 9.38 Å². The third-order valence-corrected chi connectivity index (χ3v) is 3.86. The van der Waals surface area contributed by atoms with Crippen LogP contribution in [0.1, 0.15) is 30.7 Å². The van der Waals surface area contributed by atoms with E-state index in [4.69, 9.17) is 4.74 Å². The third-order valence-electron chi connectivity index (χ3n) is 3.86. The minimum Gasteiger partial charge on any atom is -0.459 e. The molecule has 1 atom stereocenters. The monoisotopic (exact) mass is 298 g/mol. The number of carbonyl (C=O) groups excluding carboxylic acids is 1. The number of aromatic nitrogens is 2. The maximum Gasteiger partial charge on any atom is 0.306 e. The Bertz CT molecular complexity index is 792. The minimum absolute atomic E-state index is 0.0367. The van der Waals surface area contributed by atoms with Crippen LogP contribution in [0.15, 0.2) is 41.2 Å². The molecule has 114 valence electrons. The highest BCUT2D eigenvalue weighted by Crippen LogP contribution is 2.20. The quantitative estimate of drug-likeness (QED) is 0.642. The van der Waals surface area contributed by atoms with Gasteiger partial charge in [0.2, 0.25) is 0 Å². The van der Waals surface area contributed by atoms with Gasteiger partial charge in [0.05, 0.1) is 12.1 Å². The van der Waals surface area contributed by atoms with Gasteiger partial charge in [-0.15, -0.1) is 0 Å². The summed E-state index contributed by atoms with van der Waals surface area (Å²) in [7, 11) is 0. The molecule has 0 amide bonds. The lowest BCUT2D eigenvalue weighted by Crippen LogP contribution is -2.18. The number of esters is 1. The van der Waals surface area contributed by atoms with Gasteiger partial charge in [-0.25, -0.2) is 4.98 Å². The summed E-state index contributed by atoms with van der Waals surface area (Å²) in [6.07, 6.45) is 6.57. The Balaban J connectivity index is 1.70. The van der Waals surface area contributed by atoms with E-state index in [0.29, 0.717) is 17.8 Å². The van der Waals surface area contributed by atoms with Crippen molar-refractivity contribution in [2.45, 2.75) is 32.8 Å². The number of rotatable bonds is 4. The summed E-state index contributed by atoms with van der Waals surface area (Å²) in [5, 5.41) is 0. The maximum atomic E-state index is 12.1. The molecule has 0 saturated heterocycles. The highest BCUT2D eigenvalue weighted by Gasteiger charge is 2.15. The first-order chi connectivity index (χ1) is 10.6. The molecule has 0 bridgehead atoms. The second-order valence-electron chi connectivity index (χ2n) is 5.58. The van der Waals surface area contributed by atoms with Gasteiger partial charge >= 0.3 is 5.97 Å². The van der Waals surface area contributed by atoms with Gasteiger partial charge in [-0.1, -0.05) is 18.2 Å². The summed E-state index contributed by atoms with van der Waals surface area (Å²) >= 11 is 0. The molecular formula is C17H18N2O3. The molecule has 1 aliphatic rings. The van der Waals surface area contributed by atoms with Gasteiger partial charge in [0.15, 0.2) is 0 Å². The average Bonchev–Trinajstić information content (AvgIpc) is 2.98. The summed E-state index contributed by atoms with van der Waals surface area (Å²) in [6, 6.07) is 6.88. The summed E-state index contributed by atoms with van der Waals surface area (Å²) in [5.41, 5.74) is 1.71. The van der Waals surface area contributed by atoms with Crippen LogP contribution in [0.3, 0.4) is 0 Å². The van der Waals surface area contributed by atoms with E-state index in [1.807, 2.05) is 19.1 Å². The Hall–Kier alpha value is -2.43. The molecule has 0 aromatic carbocycles. The highest BCUT2D eigenvalue weighted by molar-refractivity contribution is 5.70. The van der Waals surface area contributed by atoms with Crippen LogP contribution in [-0.4, -0.2) is 15.4 Å². The van der Waals surface area contributed by atoms with Crippen LogP contribution in [0, 0.1) is 12.8 Å². The van der Waals surface area contributed by atoms with Crippen LogP contribution >= 0.6 is 0 Å². The fourth-order valence-electron chi connectivity index (χ4n) is 2.73. The molecule has 5 heteroatoms. The lowest BCUT2D eigenvalue weighted by atomic mass is 10.1. The van der Waals surface area contributed by atoms with Crippen LogP contribution in [0.5, 0.6) is 0 Å². The first-order valence-corrected chi connectivity index (χ1v) is 7.44. The number of fused-ring (bicyclic) bond motifs is 1. The van der Waals surface area contributed by atoms with Gasteiger partial charge in [-0.3, -0.25) is 14.0 Å². The van der Waals surface area contributed by atoms with Gasteiger partial charge in [0.1, 0.15) is 12.3 Å². The lowest BCUT2D eigenvalue weighted by Gasteiger charge is -2.09. The molecule has 5 nitrogen and oxygen atoms in total. The number of pyridine rings is 1. The van der Waals surface area contributed by atoms with Gasteiger partial charge in [-0.2, -0.15) is 0 Å². The standard InChI is InChI=1S/C17H18N2O3/c1-12-5-4-8-15-18-14(10-16(20)19(12)15)11-22-17(21)9-13-6-2-3-7-13/h2,4-6,8,10,13H,3,7,9,11H2,1H3/t13-/m0/s1. The predicted octanol–water partition coefficient (Wildman–Crippen LogP) is 2.40. The summed E-state index contributed by atoms with van der Waals surface area (Å²) < 4.78 is 6.78. The molecule has 2 aromatic heterocycles. The average molecular weight is 298 g/mol. The SMILES string of the molecule is Cc1cccc2nc(COC(=O)C[C@H]3C=CCC3)cc(=O)n12. The molecule has 2 aromatic rings. The van der Waals surface area contributed by atoms with Gasteiger partial charge in [0, 0.05) is 11.8 Å². The smallest absolute Gasteiger partial charge is 0.306 e. The molecule has 0 saturated carbocycles. The summed E-state index contributed by atoms with van der Waals surface area (Å²) in [6.45, 7) is 1.89. The van der Waals surface area contributed by atoms with Crippen molar-refractivity contribution in [2.75, 3.05) is 0 Å². The van der Waals surface area contributed by atoms with E-state index in [-0.39, 0.29) is 24.1 Å². The van der Waals surface area contributed by atoms with E-state index < -0.39 is 0 Å². The largest absolute Gasteiger partial charge is 0.459 e. The highest BCUT2D eigenvalue weighted by atomic mass is 16.5. The Morgan fingerprint density at radius 2 is 2.32 bits per heavy atom. The fourth-order valence-corrected chi connectivity index (χ4v) is 2.73. The van der Waals surface area contributed by atoms with Crippen molar-refractivity contribution in [3.63, 3.8) is 0 Å². The second-order valence-corrected chi connectivity index (χ2v) is 5.58. The van der Waals surface area contributed by atoms with E-state index >= 15 is 0 Å². The molecule has 2 heterocycles. The Morgan fingerprint density at radius 3 is 3.09 bits per heavy atom. The van der Waals surface area contributed by atoms with Crippen molar-refractivity contribution in [3.8, 4) is 0 Å². The number of hydrogen-bond acceptors (Lipinski definition) is 4. The number of nitrogens with zero attached hydrogens (tertiary/aromatic N) is 2. The predicted molar refractivity (Wildman–Crippen MR) is 82.5 cm³/mol. The topological polar surface area (TPSA) is 60.7 Å². The van der Waals surface area contributed by atoms with Crippen LogP contribution in [0.4, 0.5) is 0 Å². The molecule has 0 fully saturated rings. The fraction of sp³-hybridized carbons (Fsp3) is 0.353. The van der Waals surface area contributed by atoms with Crippen molar-refractivity contribution in [1.29, 1.82) is 0 Å². The molecular weight excluding hydrogens is 280 g/mol. The first-order valence-electron chi connectivity index (χ1n) is 7.44. The summed E-state index contributed by atoms with van der Waals surface area (Å²) in [5.74, 6) is 0.0353. The zero-order chi connectivity index (χ0) is 15.5. The molecule has 0 radical (unpaired) electrons. The first kappa shape index (κ1) is 14.5. The number of ether oxygens (including phenoxy) is 1. The van der Waals surface area contributed by atoms with Crippen molar-refractivity contribution >= 4 is 11.6 Å². The van der Waals surface area contributed by atoms with Crippen LogP contribution in [-0.2, 0) is 16.1 Å². The number of hydrogen-bond donors (Lipinski definition) is 0. The van der Waals surface area contributed by atoms with E-state index in [1.54, 1.807) is 6.07 Å². The van der Waals surface area contributed by atoms with Gasteiger partial charge < -0.3 is 4.74 Å². The number of carbonyl (C=O) groups is 1. The third kappa shape index (κ3) is 3.08. The zero-order valence-corrected chi connectivity index (χ0v) is 12.5. The van der Waals surface area contributed by atoms with E-state index in [0.717, 1.165) is 18.5 Å². The molecule has 1 aliphatic carbocycles. The van der Waals surface area contributed by atoms with Gasteiger partial charge in [0.25, 0.3) is 5.56 Å². The van der Waals surface area contributed by atoms with Gasteiger partial charge in [-0.05, 0) is 37.8 Å². The summed E-state index contributed by atoms with van der Waals surface area (Å²) in [4.78, 5) is 28.3. The Kier molecular flexibility index (Phi) is 4.04. The maximum absolute atomic E-state index is 12.1. The number of allylic oxidation sites excluding steroid dienone is 2. The lowest BCUT2D eigenvalue weighted by molar-refractivity contribution is -0.145. The van der Waals surface area contributed by atoms with Crippen molar-refractivity contribution < 1.29 is 9.53 Å². The second kappa shape index (κ2) is 6.13. The van der Waals surface area contributed by atoms with Crippen LogP contribution in [0.2, 0.25) is 0 Å². The molecule has 0 unspecified atom stereocenters. The minimum atomic E-state index is -0.247. The number of aryl methyl sites for hydroxylation is 1. The molecule has 0 spiro atoms. The van der Waals surface area contributed by atoms with E-state index in [9.17, 15) is 9.59 Å². The van der Waals surface area contributed by atoms with Crippen LogP contribution in [0.25, 0.3) is 5.65 Å². The molecule has 22 heavy (non-hydrogen) atoms. The van der Waals surface area contributed by atoms with Crippen LogP contribution < -0.4 is 5.56 Å². The van der Waals surface area contributed by atoms with Crippen molar-refractivity contribution in [2.24, 2.45) is 5.92 Å². The normalized spacial score (nSPS) is 17.0. The van der Waals surface area contributed by atoms with E-state index in [1.165, 1.54) is 10.5 Å². The molecule has 3 rings (SSSR count).